The van der Waals surface area contributed by atoms with E-state index in [9.17, 15) is 14.4 Å². The van der Waals surface area contributed by atoms with Crippen LogP contribution in [0.15, 0.2) is 18.2 Å². The van der Waals surface area contributed by atoms with Crippen LogP contribution in [0.4, 0.5) is 0 Å². The van der Waals surface area contributed by atoms with Gasteiger partial charge in [0.25, 0.3) is 0 Å². The van der Waals surface area contributed by atoms with Crippen molar-refractivity contribution in [1.82, 2.24) is 9.80 Å². The zero-order chi connectivity index (χ0) is 15.6. The predicted octanol–water partition coefficient (Wildman–Crippen LogP) is 0.698. The molecule has 1 aromatic rings. The van der Waals surface area contributed by atoms with Gasteiger partial charge in [0, 0.05) is 24.7 Å². The highest BCUT2D eigenvalue weighted by Gasteiger charge is 2.28. The molecule has 0 radical (unpaired) electrons. The van der Waals surface area contributed by atoms with Crippen molar-refractivity contribution in [3.05, 3.63) is 29.3 Å². The van der Waals surface area contributed by atoms with E-state index in [1.165, 1.54) is 23.8 Å². The molecule has 0 aromatic heterocycles. The van der Waals surface area contributed by atoms with Crippen LogP contribution in [0.5, 0.6) is 5.75 Å². The number of benzene rings is 1. The summed E-state index contributed by atoms with van der Waals surface area (Å²) in [5.74, 6) is 0.322. The molecule has 1 heterocycles. The highest BCUT2D eigenvalue weighted by Crippen LogP contribution is 2.22. The number of nitrogens with zero attached hydrogens (tertiary/aromatic N) is 2. The van der Waals surface area contributed by atoms with Crippen LogP contribution in [0.1, 0.15) is 22.8 Å². The van der Waals surface area contributed by atoms with Crippen LogP contribution in [0.25, 0.3) is 0 Å². The number of likely N-dealkylation sites (N-methyl/N-ethyl adjacent to an activating group) is 1. The van der Waals surface area contributed by atoms with E-state index in [-0.39, 0.29) is 37.2 Å². The Bertz CT molecular complexity index is 597. The minimum absolute atomic E-state index is 0.0444. The van der Waals surface area contributed by atoms with Gasteiger partial charge in [0.1, 0.15) is 12.3 Å². The topological polar surface area (TPSA) is 66.9 Å². The summed E-state index contributed by atoms with van der Waals surface area (Å²) in [6, 6.07) is 5.09. The van der Waals surface area contributed by atoms with Gasteiger partial charge in [0.15, 0.2) is 5.78 Å². The lowest BCUT2D eigenvalue weighted by Gasteiger charge is -2.32. The lowest BCUT2D eigenvalue weighted by atomic mass is 10.1. The fourth-order valence-corrected chi connectivity index (χ4v) is 2.23. The van der Waals surface area contributed by atoms with Gasteiger partial charge in [-0.25, -0.2) is 0 Å². The van der Waals surface area contributed by atoms with E-state index < -0.39 is 0 Å². The number of carbonyl (C=O) groups excluding carboxylic acids is 3. The third-order valence-electron chi connectivity index (χ3n) is 3.53. The van der Waals surface area contributed by atoms with Crippen LogP contribution in [0, 0.1) is 0 Å². The summed E-state index contributed by atoms with van der Waals surface area (Å²) >= 11 is 0. The maximum Gasteiger partial charge on any atom is 0.242 e. The fraction of sp³-hybridized carbons (Fsp3) is 0.400. The molecule has 21 heavy (non-hydrogen) atoms. The standard InChI is InChI=1S/C15H18N2O4/c1-10(18)11-4-5-13(21-3)12(6-11)7-17-9-14(19)16(2)8-15(17)20/h4-6H,7-9H2,1-3H3. The zero-order valence-corrected chi connectivity index (χ0v) is 12.4. The molecule has 0 unspecified atom stereocenters. The first-order chi connectivity index (χ1) is 9.92. The number of ether oxygens (including phenoxy) is 1. The van der Waals surface area contributed by atoms with Gasteiger partial charge in [-0.2, -0.15) is 0 Å². The second kappa shape index (κ2) is 5.95. The molecular formula is C15H18N2O4. The van der Waals surface area contributed by atoms with E-state index >= 15 is 0 Å². The first-order valence-corrected chi connectivity index (χ1v) is 6.62. The van der Waals surface area contributed by atoms with Crippen molar-refractivity contribution in [3.63, 3.8) is 0 Å². The van der Waals surface area contributed by atoms with Gasteiger partial charge in [0.05, 0.1) is 13.7 Å². The zero-order valence-electron chi connectivity index (χ0n) is 12.4. The second-order valence-electron chi connectivity index (χ2n) is 5.08. The number of ketones is 1. The monoisotopic (exact) mass is 290 g/mol. The van der Waals surface area contributed by atoms with Crippen molar-refractivity contribution in [2.24, 2.45) is 0 Å². The van der Waals surface area contributed by atoms with Crippen LogP contribution in [-0.4, -0.2) is 54.6 Å². The van der Waals surface area contributed by atoms with E-state index in [4.69, 9.17) is 4.74 Å². The van der Waals surface area contributed by atoms with Crippen molar-refractivity contribution < 1.29 is 19.1 Å². The molecule has 1 aliphatic heterocycles. The van der Waals surface area contributed by atoms with E-state index in [0.717, 1.165) is 5.56 Å². The Morgan fingerprint density at radius 3 is 2.57 bits per heavy atom. The van der Waals surface area contributed by atoms with Crippen molar-refractivity contribution in [1.29, 1.82) is 0 Å². The van der Waals surface area contributed by atoms with Gasteiger partial charge < -0.3 is 14.5 Å². The Morgan fingerprint density at radius 2 is 1.95 bits per heavy atom. The van der Waals surface area contributed by atoms with Crippen LogP contribution in [0.3, 0.4) is 0 Å². The Balaban J connectivity index is 2.25. The average molecular weight is 290 g/mol. The molecule has 0 atom stereocenters. The van der Waals surface area contributed by atoms with Gasteiger partial charge >= 0.3 is 0 Å². The van der Waals surface area contributed by atoms with E-state index in [0.29, 0.717) is 11.3 Å². The maximum absolute atomic E-state index is 12.0. The molecule has 112 valence electrons. The highest BCUT2D eigenvalue weighted by atomic mass is 16.5. The number of methoxy groups -OCH3 is 1. The van der Waals surface area contributed by atoms with Crippen LogP contribution in [-0.2, 0) is 16.1 Å². The highest BCUT2D eigenvalue weighted by molar-refractivity contribution is 5.94. The molecule has 2 rings (SSSR count). The Kier molecular flexibility index (Phi) is 4.26. The van der Waals surface area contributed by atoms with Gasteiger partial charge in [-0.1, -0.05) is 0 Å². The summed E-state index contributed by atoms with van der Waals surface area (Å²) in [5, 5.41) is 0. The largest absolute Gasteiger partial charge is 0.496 e. The van der Waals surface area contributed by atoms with Crippen molar-refractivity contribution in [3.8, 4) is 5.75 Å². The first kappa shape index (κ1) is 15.0. The van der Waals surface area contributed by atoms with Crippen LogP contribution < -0.4 is 4.74 Å². The molecule has 0 spiro atoms. The smallest absolute Gasteiger partial charge is 0.242 e. The molecule has 2 amide bonds. The fourth-order valence-electron chi connectivity index (χ4n) is 2.23. The number of carbonyl (C=O) groups is 3. The Hall–Kier alpha value is -2.37. The van der Waals surface area contributed by atoms with E-state index in [1.807, 2.05) is 0 Å². The molecule has 1 aliphatic rings. The van der Waals surface area contributed by atoms with Crippen LogP contribution >= 0.6 is 0 Å². The number of hydrogen-bond acceptors (Lipinski definition) is 4. The van der Waals surface area contributed by atoms with Gasteiger partial charge in [-0.15, -0.1) is 0 Å². The molecular weight excluding hydrogens is 272 g/mol. The maximum atomic E-state index is 12.0. The summed E-state index contributed by atoms with van der Waals surface area (Å²) in [7, 11) is 3.14. The van der Waals surface area contributed by atoms with E-state index in [2.05, 4.69) is 0 Å². The summed E-state index contributed by atoms with van der Waals surface area (Å²) in [6.07, 6.45) is 0. The number of rotatable bonds is 4. The van der Waals surface area contributed by atoms with Crippen molar-refractivity contribution in [2.45, 2.75) is 13.5 Å². The molecule has 1 fully saturated rings. The van der Waals surface area contributed by atoms with Gasteiger partial charge in [0.2, 0.25) is 11.8 Å². The summed E-state index contributed by atoms with van der Waals surface area (Å²) in [6.45, 7) is 1.86. The number of Topliss-reactive ketones (excluding diaryl/α,β-unsaturated/α-hetero) is 1. The summed E-state index contributed by atoms with van der Waals surface area (Å²) in [5.41, 5.74) is 1.27. The molecule has 0 N–H and O–H groups in total. The molecule has 0 saturated carbocycles. The second-order valence-corrected chi connectivity index (χ2v) is 5.08. The number of amides is 2. The van der Waals surface area contributed by atoms with Crippen LogP contribution in [0.2, 0.25) is 0 Å². The molecule has 0 aliphatic carbocycles. The number of piperazine rings is 1. The lowest BCUT2D eigenvalue weighted by molar-refractivity contribution is -0.149. The van der Waals surface area contributed by atoms with Crippen molar-refractivity contribution >= 4 is 17.6 Å². The average Bonchev–Trinajstić information content (AvgIpc) is 2.44. The minimum atomic E-state index is -0.118. The third-order valence-corrected chi connectivity index (χ3v) is 3.53. The predicted molar refractivity (Wildman–Crippen MR) is 76.1 cm³/mol. The number of hydrogen-bond donors (Lipinski definition) is 0. The Labute approximate surface area is 123 Å². The molecule has 0 bridgehead atoms. The molecule has 1 aromatic carbocycles. The van der Waals surface area contributed by atoms with Gasteiger partial charge in [-0.05, 0) is 25.1 Å². The normalized spacial score (nSPS) is 15.4. The molecule has 6 nitrogen and oxygen atoms in total. The minimum Gasteiger partial charge on any atom is -0.496 e. The third kappa shape index (κ3) is 3.21. The lowest BCUT2D eigenvalue weighted by Crippen LogP contribution is -2.51. The Morgan fingerprint density at radius 1 is 1.24 bits per heavy atom. The van der Waals surface area contributed by atoms with Gasteiger partial charge in [-0.3, -0.25) is 14.4 Å². The quantitative estimate of drug-likeness (QED) is 0.766. The molecule has 1 saturated heterocycles. The summed E-state index contributed by atoms with van der Waals surface area (Å²) < 4.78 is 5.26. The first-order valence-electron chi connectivity index (χ1n) is 6.62. The molecule has 6 heteroatoms. The SMILES string of the molecule is COc1ccc(C(C)=O)cc1CN1CC(=O)N(C)CC1=O. The van der Waals surface area contributed by atoms with E-state index in [1.54, 1.807) is 25.2 Å². The van der Waals surface area contributed by atoms with Crippen molar-refractivity contribution in [2.75, 3.05) is 27.2 Å². The summed E-state index contributed by atoms with van der Waals surface area (Å²) in [4.78, 5) is 38.1.